The summed E-state index contributed by atoms with van der Waals surface area (Å²) >= 11 is 6.52. The first kappa shape index (κ1) is 13.3. The summed E-state index contributed by atoms with van der Waals surface area (Å²) in [7, 11) is 0. The molecule has 1 saturated carbocycles. The first-order valence-corrected chi connectivity index (χ1v) is 7.12. The molecular formula is C11H14Br2N2O2. The van der Waals surface area contributed by atoms with Crippen molar-refractivity contribution in [2.75, 3.05) is 6.54 Å². The Morgan fingerprint density at radius 3 is 2.88 bits per heavy atom. The van der Waals surface area contributed by atoms with Gasteiger partial charge in [-0.05, 0) is 50.8 Å². The second kappa shape index (κ2) is 5.65. The lowest BCUT2D eigenvalue weighted by molar-refractivity contribution is 0.149. The molecule has 1 aliphatic carbocycles. The minimum Gasteiger partial charge on any atom is -0.390 e. The molecule has 0 aromatic carbocycles. The molecule has 0 radical (unpaired) electrons. The zero-order valence-electron chi connectivity index (χ0n) is 9.20. The minimum atomic E-state index is -0.547. The Morgan fingerprint density at radius 1 is 1.53 bits per heavy atom. The number of pyridine rings is 1. The lowest BCUT2D eigenvalue weighted by Gasteiger charge is -2.14. The van der Waals surface area contributed by atoms with E-state index in [4.69, 9.17) is 0 Å². The molecule has 6 heteroatoms. The van der Waals surface area contributed by atoms with E-state index >= 15 is 0 Å². The molecule has 0 saturated heterocycles. The minimum absolute atomic E-state index is 0.126. The highest BCUT2D eigenvalue weighted by atomic mass is 79.9. The van der Waals surface area contributed by atoms with Crippen LogP contribution >= 0.6 is 31.9 Å². The van der Waals surface area contributed by atoms with Crippen molar-refractivity contribution in [1.29, 1.82) is 0 Å². The fourth-order valence-corrected chi connectivity index (χ4v) is 2.84. The van der Waals surface area contributed by atoms with E-state index in [9.17, 15) is 9.90 Å². The summed E-state index contributed by atoms with van der Waals surface area (Å²) in [6, 6.07) is 2.27. The Bertz CT molecular complexity index is 457. The zero-order chi connectivity index (χ0) is 12.4. The van der Waals surface area contributed by atoms with Gasteiger partial charge in [-0.2, -0.15) is 0 Å². The van der Waals surface area contributed by atoms with Crippen molar-refractivity contribution >= 4 is 31.9 Å². The molecule has 94 valence electrons. The molecule has 1 atom stereocenters. The van der Waals surface area contributed by atoms with E-state index in [1.165, 1.54) is 17.4 Å². The molecule has 1 aromatic heterocycles. The maximum atomic E-state index is 11.8. The van der Waals surface area contributed by atoms with E-state index in [-0.39, 0.29) is 5.56 Å². The van der Waals surface area contributed by atoms with Crippen LogP contribution < -0.4 is 10.9 Å². The normalized spacial score (nSPS) is 17.1. The Kier molecular flexibility index (Phi) is 4.41. The summed E-state index contributed by atoms with van der Waals surface area (Å²) in [6.07, 6.45) is 3.52. The van der Waals surface area contributed by atoms with Crippen LogP contribution in [0.4, 0.5) is 0 Å². The number of aliphatic hydroxyl groups excluding tert-OH is 1. The van der Waals surface area contributed by atoms with E-state index in [1.54, 1.807) is 12.3 Å². The second-order valence-corrected chi connectivity index (χ2v) is 6.07. The summed E-state index contributed by atoms with van der Waals surface area (Å²) in [5.41, 5.74) is -0.126. The third-order valence-corrected chi connectivity index (χ3v) is 3.64. The largest absolute Gasteiger partial charge is 0.390 e. The van der Waals surface area contributed by atoms with Gasteiger partial charge in [-0.1, -0.05) is 0 Å². The maximum absolute atomic E-state index is 11.8. The van der Waals surface area contributed by atoms with Crippen molar-refractivity contribution in [2.24, 2.45) is 0 Å². The molecule has 0 spiro atoms. The van der Waals surface area contributed by atoms with Gasteiger partial charge in [-0.3, -0.25) is 4.79 Å². The Labute approximate surface area is 116 Å². The van der Waals surface area contributed by atoms with Gasteiger partial charge in [0.05, 0.1) is 17.1 Å². The van der Waals surface area contributed by atoms with Crippen molar-refractivity contribution < 1.29 is 5.11 Å². The molecule has 1 aromatic rings. The summed E-state index contributed by atoms with van der Waals surface area (Å²) in [4.78, 5) is 11.8. The van der Waals surface area contributed by atoms with Crippen LogP contribution in [0.5, 0.6) is 0 Å². The van der Waals surface area contributed by atoms with E-state index in [0.29, 0.717) is 23.6 Å². The SMILES string of the molecule is O=c1c(Br)cc(Br)cn1CC(O)CNC1CC1. The number of nitrogens with zero attached hydrogens (tertiary/aromatic N) is 1. The van der Waals surface area contributed by atoms with Crippen LogP contribution in [0.25, 0.3) is 0 Å². The molecule has 4 nitrogen and oxygen atoms in total. The van der Waals surface area contributed by atoms with Gasteiger partial charge < -0.3 is 15.0 Å². The van der Waals surface area contributed by atoms with Crippen LogP contribution in [0.1, 0.15) is 12.8 Å². The van der Waals surface area contributed by atoms with E-state index in [2.05, 4.69) is 37.2 Å². The third-order valence-electron chi connectivity index (χ3n) is 2.64. The number of aliphatic hydroxyl groups is 1. The molecule has 0 amide bonds. The fourth-order valence-electron chi connectivity index (χ4n) is 1.58. The first-order chi connectivity index (χ1) is 8.06. The Balaban J connectivity index is 1.98. The topological polar surface area (TPSA) is 54.3 Å². The van der Waals surface area contributed by atoms with Crippen molar-refractivity contribution in [2.45, 2.75) is 31.5 Å². The van der Waals surface area contributed by atoms with Gasteiger partial charge in [-0.15, -0.1) is 0 Å². The maximum Gasteiger partial charge on any atom is 0.264 e. The van der Waals surface area contributed by atoms with Gasteiger partial charge >= 0.3 is 0 Å². The van der Waals surface area contributed by atoms with Crippen molar-refractivity contribution in [3.05, 3.63) is 31.6 Å². The quantitative estimate of drug-likeness (QED) is 0.831. The van der Waals surface area contributed by atoms with E-state index in [1.807, 2.05) is 0 Å². The summed E-state index contributed by atoms with van der Waals surface area (Å²) in [5.74, 6) is 0. The number of halogens is 2. The van der Waals surface area contributed by atoms with Gasteiger partial charge in [0.2, 0.25) is 0 Å². The highest BCUT2D eigenvalue weighted by Gasteiger charge is 2.21. The van der Waals surface area contributed by atoms with Crippen LogP contribution in [0.2, 0.25) is 0 Å². The van der Waals surface area contributed by atoms with E-state index in [0.717, 1.165) is 4.47 Å². The molecule has 1 aliphatic rings. The molecule has 1 fully saturated rings. The van der Waals surface area contributed by atoms with Crippen LogP contribution in [0, 0.1) is 0 Å². The Hall–Kier alpha value is -0.170. The number of aromatic nitrogens is 1. The van der Waals surface area contributed by atoms with E-state index < -0.39 is 6.10 Å². The fraction of sp³-hybridized carbons (Fsp3) is 0.545. The number of rotatable bonds is 5. The van der Waals surface area contributed by atoms with Crippen LogP contribution in [0.3, 0.4) is 0 Å². The highest BCUT2D eigenvalue weighted by Crippen LogP contribution is 2.18. The highest BCUT2D eigenvalue weighted by molar-refractivity contribution is 9.11. The predicted octanol–water partition coefficient (Wildman–Crippen LogP) is 1.49. The molecule has 1 unspecified atom stereocenters. The van der Waals surface area contributed by atoms with Gasteiger partial charge in [0, 0.05) is 23.3 Å². The van der Waals surface area contributed by atoms with Gasteiger partial charge in [0.15, 0.2) is 0 Å². The van der Waals surface area contributed by atoms with Crippen LogP contribution in [-0.2, 0) is 6.54 Å². The lowest BCUT2D eigenvalue weighted by Crippen LogP contribution is -2.34. The summed E-state index contributed by atoms with van der Waals surface area (Å²) in [6.45, 7) is 0.831. The molecule has 2 rings (SSSR count). The van der Waals surface area contributed by atoms with Crippen LogP contribution in [-0.4, -0.2) is 28.4 Å². The van der Waals surface area contributed by atoms with Gasteiger partial charge in [0.25, 0.3) is 5.56 Å². The van der Waals surface area contributed by atoms with Gasteiger partial charge in [-0.25, -0.2) is 0 Å². The van der Waals surface area contributed by atoms with Crippen molar-refractivity contribution in [3.8, 4) is 0 Å². The van der Waals surface area contributed by atoms with Gasteiger partial charge in [0.1, 0.15) is 0 Å². The first-order valence-electron chi connectivity index (χ1n) is 5.53. The van der Waals surface area contributed by atoms with Crippen molar-refractivity contribution in [3.63, 3.8) is 0 Å². The predicted molar refractivity (Wildman–Crippen MR) is 73.1 cm³/mol. The molecule has 17 heavy (non-hydrogen) atoms. The zero-order valence-corrected chi connectivity index (χ0v) is 12.4. The average Bonchev–Trinajstić information content (AvgIpc) is 3.06. The molecule has 2 N–H and O–H groups in total. The molecule has 0 aliphatic heterocycles. The summed E-state index contributed by atoms with van der Waals surface area (Å²) in [5, 5.41) is 13.1. The number of hydrogen-bond acceptors (Lipinski definition) is 3. The smallest absolute Gasteiger partial charge is 0.264 e. The third kappa shape index (κ3) is 3.91. The standard InChI is InChI=1S/C11H14Br2N2O2/c12-7-3-10(13)11(17)15(5-7)6-9(16)4-14-8-1-2-8/h3,5,8-9,14,16H,1-2,4,6H2. The lowest BCUT2D eigenvalue weighted by atomic mass is 10.3. The number of hydrogen-bond donors (Lipinski definition) is 2. The molecule has 0 bridgehead atoms. The Morgan fingerprint density at radius 2 is 2.24 bits per heavy atom. The van der Waals surface area contributed by atoms with Crippen molar-refractivity contribution in [1.82, 2.24) is 9.88 Å². The molecule has 1 heterocycles. The second-order valence-electron chi connectivity index (χ2n) is 4.30. The summed E-state index contributed by atoms with van der Waals surface area (Å²) < 4.78 is 2.81. The average molecular weight is 366 g/mol. The number of nitrogens with one attached hydrogen (secondary N) is 1. The molecular weight excluding hydrogens is 352 g/mol. The van der Waals surface area contributed by atoms with Crippen LogP contribution in [0.15, 0.2) is 26.0 Å². The monoisotopic (exact) mass is 364 g/mol.